The van der Waals surface area contributed by atoms with E-state index in [-0.39, 0.29) is 41.3 Å². The fourth-order valence-corrected chi connectivity index (χ4v) is 6.02. The van der Waals surface area contributed by atoms with Gasteiger partial charge in [-0.3, -0.25) is 9.59 Å². The average Bonchev–Trinajstić information content (AvgIpc) is 2.97. The third kappa shape index (κ3) is 3.09. The van der Waals surface area contributed by atoms with Gasteiger partial charge < -0.3 is 14.8 Å². The summed E-state index contributed by atoms with van der Waals surface area (Å²) in [6, 6.07) is 7.30. The van der Waals surface area contributed by atoms with Crippen LogP contribution >= 0.6 is 0 Å². The van der Waals surface area contributed by atoms with Crippen LogP contribution in [0.25, 0.3) is 0 Å². The lowest BCUT2D eigenvalue weighted by Crippen LogP contribution is -2.57. The Kier molecular flexibility index (Phi) is 4.88. The van der Waals surface area contributed by atoms with Gasteiger partial charge in [0.2, 0.25) is 0 Å². The molecule has 3 aliphatic rings. The third-order valence-corrected chi connectivity index (χ3v) is 7.79. The molecule has 28 heavy (non-hydrogen) atoms. The number of benzene rings is 1. The third-order valence-electron chi connectivity index (χ3n) is 7.79. The van der Waals surface area contributed by atoms with E-state index in [1.54, 1.807) is 31.4 Å². The zero-order valence-electron chi connectivity index (χ0n) is 17.2. The molecule has 5 heteroatoms. The van der Waals surface area contributed by atoms with E-state index in [0.717, 1.165) is 31.4 Å². The molecule has 0 aromatic heterocycles. The molecule has 152 valence electrons. The summed E-state index contributed by atoms with van der Waals surface area (Å²) in [5.41, 5.74) is 0.829. The zero-order chi connectivity index (χ0) is 20.1. The number of esters is 1. The molecule has 1 aromatic rings. The molecule has 7 atom stereocenters. The number of hydrogen-bond donors (Lipinski definition) is 1. The van der Waals surface area contributed by atoms with Crippen LogP contribution in [-0.2, 0) is 9.53 Å². The Hall–Kier alpha value is -2.04. The molecule has 1 N–H and O–H groups in total. The van der Waals surface area contributed by atoms with Crippen LogP contribution in [0.4, 0.5) is 0 Å². The number of amides is 1. The second kappa shape index (κ2) is 7.09. The number of carbonyl (C=O) groups is 2. The van der Waals surface area contributed by atoms with Crippen LogP contribution in [0.1, 0.15) is 56.8 Å². The van der Waals surface area contributed by atoms with Gasteiger partial charge in [-0.25, -0.2) is 0 Å². The molecular weight excluding hydrogens is 354 g/mol. The first kappa shape index (κ1) is 19.3. The van der Waals surface area contributed by atoms with Crippen LogP contribution in [0.5, 0.6) is 5.75 Å². The van der Waals surface area contributed by atoms with Crippen LogP contribution < -0.4 is 10.1 Å². The second-order valence-corrected chi connectivity index (χ2v) is 9.28. The van der Waals surface area contributed by atoms with Crippen molar-refractivity contribution in [1.82, 2.24) is 5.32 Å². The Labute approximate surface area is 167 Å². The molecule has 2 saturated carbocycles. The molecule has 0 spiro atoms. The van der Waals surface area contributed by atoms with E-state index in [4.69, 9.17) is 9.47 Å². The molecule has 4 rings (SSSR count). The highest BCUT2D eigenvalue weighted by atomic mass is 16.6. The standard InChI is InChI=1S/C23H31NO4/c1-13-17-9-11-23(3)12-10-18(14(2)19(23)20(17)28-22(13)26)24-21(25)15-5-7-16(27-4)8-6-15/h5-8,13-14,17-20H,9-12H2,1-4H3,(H,24,25). The summed E-state index contributed by atoms with van der Waals surface area (Å²) >= 11 is 0. The van der Waals surface area contributed by atoms with E-state index >= 15 is 0 Å². The normalized spacial score (nSPS) is 39.5. The minimum Gasteiger partial charge on any atom is -0.497 e. The lowest BCUT2D eigenvalue weighted by Gasteiger charge is -2.54. The van der Waals surface area contributed by atoms with Crippen molar-refractivity contribution < 1.29 is 19.1 Å². The molecule has 0 radical (unpaired) electrons. The quantitative estimate of drug-likeness (QED) is 0.804. The fraction of sp³-hybridized carbons (Fsp3) is 0.652. The lowest BCUT2D eigenvalue weighted by atomic mass is 9.52. The molecule has 1 aromatic carbocycles. The van der Waals surface area contributed by atoms with Crippen molar-refractivity contribution in [2.24, 2.45) is 29.1 Å². The highest BCUT2D eigenvalue weighted by molar-refractivity contribution is 5.94. The number of rotatable bonds is 3. The number of ether oxygens (including phenoxy) is 2. The Morgan fingerprint density at radius 1 is 1.18 bits per heavy atom. The van der Waals surface area contributed by atoms with Gasteiger partial charge in [-0.1, -0.05) is 20.8 Å². The topological polar surface area (TPSA) is 64.6 Å². The summed E-state index contributed by atoms with van der Waals surface area (Å²) in [5.74, 6) is 1.54. The summed E-state index contributed by atoms with van der Waals surface area (Å²) < 4.78 is 11.1. The van der Waals surface area contributed by atoms with E-state index in [1.807, 2.05) is 6.92 Å². The number of methoxy groups -OCH3 is 1. The molecule has 0 bridgehead atoms. The number of fused-ring (bicyclic) bond motifs is 3. The van der Waals surface area contributed by atoms with Gasteiger partial charge in [-0.2, -0.15) is 0 Å². The molecule has 1 saturated heterocycles. The number of nitrogens with one attached hydrogen (secondary N) is 1. The largest absolute Gasteiger partial charge is 0.497 e. The van der Waals surface area contributed by atoms with Gasteiger partial charge in [0.25, 0.3) is 5.91 Å². The van der Waals surface area contributed by atoms with Gasteiger partial charge in [-0.15, -0.1) is 0 Å². The average molecular weight is 386 g/mol. The molecule has 3 fully saturated rings. The summed E-state index contributed by atoms with van der Waals surface area (Å²) in [7, 11) is 1.61. The molecule has 1 aliphatic heterocycles. The van der Waals surface area contributed by atoms with Crippen LogP contribution in [0.3, 0.4) is 0 Å². The van der Waals surface area contributed by atoms with Crippen LogP contribution in [0, 0.1) is 29.1 Å². The Balaban J connectivity index is 1.51. The smallest absolute Gasteiger partial charge is 0.309 e. The van der Waals surface area contributed by atoms with Gasteiger partial charge >= 0.3 is 5.97 Å². The lowest BCUT2D eigenvalue weighted by molar-refractivity contribution is -0.153. The van der Waals surface area contributed by atoms with Crippen molar-refractivity contribution in [2.45, 2.75) is 58.6 Å². The SMILES string of the molecule is COc1ccc(C(=O)NC2CCC3(C)CCC4C(C)C(=O)OC4C3C2C)cc1. The van der Waals surface area contributed by atoms with Crippen molar-refractivity contribution >= 4 is 11.9 Å². The first-order chi connectivity index (χ1) is 13.3. The van der Waals surface area contributed by atoms with Crippen molar-refractivity contribution in [3.63, 3.8) is 0 Å². The van der Waals surface area contributed by atoms with Gasteiger partial charge in [0.05, 0.1) is 13.0 Å². The molecule has 1 heterocycles. The van der Waals surface area contributed by atoms with Crippen LogP contribution in [-0.4, -0.2) is 31.1 Å². The highest BCUT2D eigenvalue weighted by Crippen LogP contribution is 2.57. The van der Waals surface area contributed by atoms with E-state index in [2.05, 4.69) is 19.2 Å². The summed E-state index contributed by atoms with van der Waals surface area (Å²) in [4.78, 5) is 25.0. The Morgan fingerprint density at radius 3 is 2.54 bits per heavy atom. The van der Waals surface area contributed by atoms with E-state index in [9.17, 15) is 9.59 Å². The van der Waals surface area contributed by atoms with Crippen LogP contribution in [0.15, 0.2) is 24.3 Å². The Bertz CT molecular complexity index is 760. The van der Waals surface area contributed by atoms with E-state index < -0.39 is 0 Å². The molecule has 7 unspecified atom stereocenters. The van der Waals surface area contributed by atoms with E-state index in [0.29, 0.717) is 17.4 Å². The maximum Gasteiger partial charge on any atom is 0.309 e. The number of carbonyl (C=O) groups excluding carboxylic acids is 2. The Morgan fingerprint density at radius 2 is 1.86 bits per heavy atom. The monoisotopic (exact) mass is 385 g/mol. The zero-order valence-corrected chi connectivity index (χ0v) is 17.2. The van der Waals surface area contributed by atoms with Crippen molar-refractivity contribution in [3.05, 3.63) is 29.8 Å². The fourth-order valence-electron chi connectivity index (χ4n) is 6.02. The van der Waals surface area contributed by atoms with Gasteiger partial charge in [0, 0.05) is 23.4 Å². The predicted octanol–water partition coefficient (Wildman–Crippen LogP) is 3.82. The summed E-state index contributed by atoms with van der Waals surface area (Å²) in [5, 5.41) is 3.25. The summed E-state index contributed by atoms with van der Waals surface area (Å²) in [6.45, 7) is 6.58. The second-order valence-electron chi connectivity index (χ2n) is 9.28. The van der Waals surface area contributed by atoms with Crippen molar-refractivity contribution in [3.8, 4) is 5.75 Å². The maximum atomic E-state index is 12.8. The van der Waals surface area contributed by atoms with Gasteiger partial charge in [0.15, 0.2) is 0 Å². The molecule has 5 nitrogen and oxygen atoms in total. The first-order valence-electron chi connectivity index (χ1n) is 10.5. The van der Waals surface area contributed by atoms with Crippen molar-refractivity contribution in [2.75, 3.05) is 7.11 Å². The molecule has 2 aliphatic carbocycles. The number of hydrogen-bond acceptors (Lipinski definition) is 4. The molecular formula is C23H31NO4. The van der Waals surface area contributed by atoms with Gasteiger partial charge in [0.1, 0.15) is 11.9 Å². The predicted molar refractivity (Wildman–Crippen MR) is 106 cm³/mol. The van der Waals surface area contributed by atoms with Crippen LogP contribution in [0.2, 0.25) is 0 Å². The van der Waals surface area contributed by atoms with Crippen molar-refractivity contribution in [1.29, 1.82) is 0 Å². The van der Waals surface area contributed by atoms with Gasteiger partial charge in [-0.05, 0) is 61.3 Å². The minimum absolute atomic E-state index is 0.00283. The first-order valence-corrected chi connectivity index (χ1v) is 10.5. The summed E-state index contributed by atoms with van der Waals surface area (Å²) in [6.07, 6.45) is 4.24. The maximum absolute atomic E-state index is 12.8. The van der Waals surface area contributed by atoms with E-state index in [1.165, 1.54) is 0 Å². The molecule has 1 amide bonds. The highest BCUT2D eigenvalue weighted by Gasteiger charge is 2.58. The minimum atomic E-state index is -0.0488.